The molecule has 0 saturated carbocycles. The molecule has 0 spiro atoms. The minimum atomic E-state index is -0.401. The first-order valence-electron chi connectivity index (χ1n) is 8.51. The molecule has 1 saturated heterocycles. The summed E-state index contributed by atoms with van der Waals surface area (Å²) in [7, 11) is -0.401. The van der Waals surface area contributed by atoms with Gasteiger partial charge in [-0.1, -0.05) is 72.2 Å². The van der Waals surface area contributed by atoms with Crippen LogP contribution in [-0.2, 0) is 9.31 Å². The van der Waals surface area contributed by atoms with Crippen LogP contribution < -0.4 is 0 Å². The highest BCUT2D eigenvalue weighted by molar-refractivity contribution is 9.10. The molecule has 130 valence electrons. The molecule has 3 rings (SSSR count). The fourth-order valence-corrected chi connectivity index (χ4v) is 3.22. The molecule has 2 aromatic rings. The largest absolute Gasteiger partial charge is 0.465 e. The molecule has 0 aliphatic carbocycles. The molecule has 25 heavy (non-hydrogen) atoms. The molecule has 2 aromatic carbocycles. The Balaban J connectivity index is 1.82. The van der Waals surface area contributed by atoms with Gasteiger partial charge >= 0.3 is 7.12 Å². The van der Waals surface area contributed by atoms with Crippen LogP contribution in [0.25, 0.3) is 0 Å². The van der Waals surface area contributed by atoms with E-state index < -0.39 is 7.12 Å². The minimum absolute atomic E-state index is 0.00417. The quantitative estimate of drug-likeness (QED) is 0.528. The van der Waals surface area contributed by atoms with Crippen molar-refractivity contribution in [1.29, 1.82) is 0 Å². The Morgan fingerprint density at radius 2 is 1.68 bits per heavy atom. The molecule has 1 atom stereocenters. The van der Waals surface area contributed by atoms with Crippen molar-refractivity contribution in [3.8, 4) is 0 Å². The van der Waals surface area contributed by atoms with Crippen molar-refractivity contribution in [3.05, 3.63) is 70.2 Å². The van der Waals surface area contributed by atoms with E-state index in [0.717, 1.165) is 15.6 Å². The molecular weight excluding hydrogens is 379 g/mol. The molecule has 1 aliphatic heterocycles. The topological polar surface area (TPSA) is 35.5 Å². The first kappa shape index (κ1) is 18.4. The summed E-state index contributed by atoms with van der Waals surface area (Å²) < 4.78 is 13.0. The van der Waals surface area contributed by atoms with Crippen LogP contribution in [0.1, 0.15) is 42.0 Å². The Labute approximate surface area is 158 Å². The van der Waals surface area contributed by atoms with Crippen molar-refractivity contribution in [2.45, 2.75) is 26.1 Å². The SMILES string of the molecule is CC1(C)COB([C@@H](CC(=O)c2ccccc2)c2ccc(Br)cc2)OC1. The van der Waals surface area contributed by atoms with Gasteiger partial charge in [-0.05, 0) is 17.7 Å². The van der Waals surface area contributed by atoms with Gasteiger partial charge in [0.05, 0.1) is 0 Å². The molecular formula is C20H22BBrO3. The Kier molecular flexibility index (Phi) is 5.77. The van der Waals surface area contributed by atoms with Crippen LogP contribution in [-0.4, -0.2) is 26.1 Å². The van der Waals surface area contributed by atoms with E-state index in [9.17, 15) is 4.79 Å². The van der Waals surface area contributed by atoms with Gasteiger partial charge < -0.3 is 9.31 Å². The van der Waals surface area contributed by atoms with Gasteiger partial charge in [0.25, 0.3) is 0 Å². The third kappa shape index (κ3) is 4.81. The van der Waals surface area contributed by atoms with Gasteiger partial charge in [0, 0.05) is 40.9 Å². The van der Waals surface area contributed by atoms with Gasteiger partial charge in [0.1, 0.15) is 0 Å². The average Bonchev–Trinajstić information content (AvgIpc) is 2.61. The van der Waals surface area contributed by atoms with Crippen molar-refractivity contribution in [1.82, 2.24) is 0 Å². The molecule has 3 nitrogen and oxygen atoms in total. The van der Waals surface area contributed by atoms with E-state index in [0.29, 0.717) is 19.6 Å². The first-order chi connectivity index (χ1) is 11.9. The van der Waals surface area contributed by atoms with E-state index in [1.807, 2.05) is 54.6 Å². The van der Waals surface area contributed by atoms with E-state index in [4.69, 9.17) is 9.31 Å². The normalized spacial score (nSPS) is 18.0. The second-order valence-corrected chi connectivity index (χ2v) is 8.22. The van der Waals surface area contributed by atoms with Gasteiger partial charge in [0.2, 0.25) is 0 Å². The number of hydrogen-bond donors (Lipinski definition) is 0. The van der Waals surface area contributed by atoms with Crippen molar-refractivity contribution in [3.63, 3.8) is 0 Å². The van der Waals surface area contributed by atoms with Crippen molar-refractivity contribution in [2.24, 2.45) is 5.41 Å². The number of halogens is 1. The summed E-state index contributed by atoms with van der Waals surface area (Å²) in [6.07, 6.45) is 0.358. The highest BCUT2D eigenvalue weighted by Gasteiger charge is 2.39. The first-order valence-corrected chi connectivity index (χ1v) is 9.31. The maximum atomic E-state index is 12.7. The van der Waals surface area contributed by atoms with E-state index in [1.54, 1.807) is 0 Å². The number of hydrogen-bond acceptors (Lipinski definition) is 3. The molecule has 5 heteroatoms. The highest BCUT2D eigenvalue weighted by Crippen LogP contribution is 2.32. The summed E-state index contributed by atoms with van der Waals surface area (Å²) in [5.41, 5.74) is 1.78. The molecule has 0 aromatic heterocycles. The number of carbonyl (C=O) groups excluding carboxylic acids is 1. The number of benzene rings is 2. The molecule has 1 aliphatic rings. The van der Waals surface area contributed by atoms with E-state index in [-0.39, 0.29) is 17.0 Å². The summed E-state index contributed by atoms with van der Waals surface area (Å²) in [6, 6.07) is 17.4. The van der Waals surface area contributed by atoms with E-state index in [2.05, 4.69) is 29.8 Å². The van der Waals surface area contributed by atoms with Crippen LogP contribution in [0.2, 0.25) is 0 Å². The van der Waals surface area contributed by atoms with Crippen LogP contribution in [0.5, 0.6) is 0 Å². The van der Waals surface area contributed by atoms with Crippen LogP contribution >= 0.6 is 15.9 Å². The Morgan fingerprint density at radius 1 is 1.08 bits per heavy atom. The number of carbonyl (C=O) groups is 1. The predicted octanol–water partition coefficient (Wildman–Crippen LogP) is 4.91. The van der Waals surface area contributed by atoms with E-state index >= 15 is 0 Å². The second-order valence-electron chi connectivity index (χ2n) is 7.31. The highest BCUT2D eigenvalue weighted by atomic mass is 79.9. The molecule has 0 amide bonds. The second kappa shape index (κ2) is 7.86. The molecule has 0 bridgehead atoms. The van der Waals surface area contributed by atoms with Crippen molar-refractivity contribution < 1.29 is 14.1 Å². The number of rotatable bonds is 5. The Morgan fingerprint density at radius 3 is 2.28 bits per heavy atom. The molecule has 0 unspecified atom stereocenters. The molecule has 1 fully saturated rings. The zero-order valence-electron chi connectivity index (χ0n) is 14.6. The molecule has 0 N–H and O–H groups in total. The lowest BCUT2D eigenvalue weighted by molar-refractivity contribution is 0.0238. The third-order valence-electron chi connectivity index (χ3n) is 4.40. The maximum absolute atomic E-state index is 12.7. The van der Waals surface area contributed by atoms with Gasteiger partial charge in [-0.25, -0.2) is 0 Å². The summed E-state index contributed by atoms with van der Waals surface area (Å²) >= 11 is 3.46. The van der Waals surface area contributed by atoms with Crippen LogP contribution in [0.3, 0.4) is 0 Å². The Hall–Kier alpha value is -1.43. The lowest BCUT2D eigenvalue weighted by Gasteiger charge is -2.36. The lowest BCUT2D eigenvalue weighted by atomic mass is 9.64. The van der Waals surface area contributed by atoms with Crippen molar-refractivity contribution >= 4 is 28.8 Å². The summed E-state index contributed by atoms with van der Waals surface area (Å²) in [6.45, 7) is 5.49. The zero-order chi connectivity index (χ0) is 17.9. The zero-order valence-corrected chi connectivity index (χ0v) is 16.2. The fraction of sp³-hybridized carbons (Fsp3) is 0.350. The fourth-order valence-electron chi connectivity index (χ4n) is 2.96. The van der Waals surface area contributed by atoms with Gasteiger partial charge in [-0.15, -0.1) is 0 Å². The van der Waals surface area contributed by atoms with Crippen LogP contribution in [0.4, 0.5) is 0 Å². The van der Waals surface area contributed by atoms with Crippen LogP contribution in [0.15, 0.2) is 59.1 Å². The monoisotopic (exact) mass is 400 g/mol. The van der Waals surface area contributed by atoms with Gasteiger partial charge in [0.15, 0.2) is 5.78 Å². The Bertz CT molecular complexity index is 705. The summed E-state index contributed by atoms with van der Waals surface area (Å²) in [5, 5.41) is 0. The standard InChI is InChI=1S/C20H22BBrO3/c1-20(2)13-24-21(25-14-20)18(15-8-10-17(22)11-9-15)12-19(23)16-6-4-3-5-7-16/h3-11,18H,12-14H2,1-2H3/t18-/m0/s1. The summed E-state index contributed by atoms with van der Waals surface area (Å²) in [4.78, 5) is 12.7. The lowest BCUT2D eigenvalue weighted by Crippen LogP contribution is -2.44. The summed E-state index contributed by atoms with van der Waals surface area (Å²) in [5.74, 6) is -0.0255. The third-order valence-corrected chi connectivity index (χ3v) is 4.93. The minimum Gasteiger partial charge on any atom is -0.410 e. The van der Waals surface area contributed by atoms with Crippen LogP contribution in [0, 0.1) is 5.41 Å². The predicted molar refractivity (Wildman–Crippen MR) is 104 cm³/mol. The number of ketones is 1. The molecule has 1 heterocycles. The van der Waals surface area contributed by atoms with Crippen molar-refractivity contribution in [2.75, 3.05) is 13.2 Å². The molecule has 0 radical (unpaired) electrons. The smallest absolute Gasteiger partial charge is 0.410 e. The van der Waals surface area contributed by atoms with Gasteiger partial charge in [-0.2, -0.15) is 0 Å². The maximum Gasteiger partial charge on any atom is 0.465 e. The van der Waals surface area contributed by atoms with E-state index in [1.165, 1.54) is 0 Å². The van der Waals surface area contributed by atoms with Gasteiger partial charge in [-0.3, -0.25) is 4.79 Å². The average molecular weight is 401 g/mol. The number of Topliss-reactive ketones (excluding diaryl/α,β-unsaturated/α-hetero) is 1.